The average Bonchev–Trinajstić information content (AvgIpc) is 3.07. The Labute approximate surface area is 194 Å². The molecular weight excluding hydrogens is 412 g/mol. The highest BCUT2D eigenvalue weighted by Crippen LogP contribution is 2.43. The molecular formula is C28H28N2O3. The van der Waals surface area contributed by atoms with E-state index in [1.807, 2.05) is 55.5 Å². The molecule has 1 aliphatic carbocycles. The van der Waals surface area contributed by atoms with Crippen molar-refractivity contribution in [1.29, 1.82) is 0 Å². The largest absolute Gasteiger partial charge is 0.497 e. The number of fused-ring (bicyclic) bond motifs is 1. The number of nitrogens with zero attached hydrogens (tertiary/aromatic N) is 2. The molecule has 0 amide bonds. The third-order valence-electron chi connectivity index (χ3n) is 6.90. The van der Waals surface area contributed by atoms with Gasteiger partial charge in [-0.05, 0) is 30.2 Å². The van der Waals surface area contributed by atoms with Crippen molar-refractivity contribution in [2.45, 2.75) is 19.0 Å². The Balaban J connectivity index is 1.45. The number of carbonyl (C=O) groups excluding carboxylic acids is 2. The minimum absolute atomic E-state index is 0.102. The number of hydrogen-bond acceptors (Lipinski definition) is 5. The van der Waals surface area contributed by atoms with E-state index in [4.69, 9.17) is 4.74 Å². The summed E-state index contributed by atoms with van der Waals surface area (Å²) in [5, 5.41) is 0. The third-order valence-corrected chi connectivity index (χ3v) is 6.90. The Morgan fingerprint density at radius 2 is 1.48 bits per heavy atom. The van der Waals surface area contributed by atoms with Gasteiger partial charge in [0.15, 0.2) is 17.1 Å². The fraction of sp³-hybridized carbons (Fsp3) is 0.286. The highest BCUT2D eigenvalue weighted by atomic mass is 16.5. The van der Waals surface area contributed by atoms with Gasteiger partial charge in [0.1, 0.15) is 5.75 Å². The fourth-order valence-electron chi connectivity index (χ4n) is 5.24. The second-order valence-corrected chi connectivity index (χ2v) is 8.90. The van der Waals surface area contributed by atoms with E-state index < -0.39 is 5.54 Å². The molecule has 0 spiro atoms. The van der Waals surface area contributed by atoms with Crippen molar-refractivity contribution in [2.24, 2.45) is 0 Å². The summed E-state index contributed by atoms with van der Waals surface area (Å²) in [5.74, 6) is 0.648. The maximum absolute atomic E-state index is 13.9. The predicted octanol–water partition coefficient (Wildman–Crippen LogP) is 4.10. The van der Waals surface area contributed by atoms with Crippen LogP contribution in [0.1, 0.15) is 37.4 Å². The first kappa shape index (κ1) is 21.6. The molecule has 3 aromatic rings. The lowest BCUT2D eigenvalue weighted by Gasteiger charge is -2.44. The Morgan fingerprint density at radius 1 is 0.818 bits per heavy atom. The van der Waals surface area contributed by atoms with Crippen molar-refractivity contribution < 1.29 is 14.3 Å². The number of benzene rings is 3. The van der Waals surface area contributed by atoms with Gasteiger partial charge in [0, 0.05) is 43.9 Å². The quantitative estimate of drug-likeness (QED) is 0.559. The SMILES string of the molecule is COc1cccc(CN2CCN(C3(c4cccc(C)c4)C(=O)c4ccccc4C3=O)CC2)c1. The van der Waals surface area contributed by atoms with Crippen LogP contribution in [0.5, 0.6) is 5.75 Å². The number of hydrogen-bond donors (Lipinski definition) is 0. The molecule has 1 saturated heterocycles. The van der Waals surface area contributed by atoms with Gasteiger partial charge in [-0.25, -0.2) is 0 Å². The molecule has 5 nitrogen and oxygen atoms in total. The normalized spacial score (nSPS) is 18.4. The van der Waals surface area contributed by atoms with Gasteiger partial charge in [-0.3, -0.25) is 19.4 Å². The number of ketones is 2. The summed E-state index contributed by atoms with van der Waals surface area (Å²) in [5.41, 5.74) is 2.79. The van der Waals surface area contributed by atoms with Crippen LogP contribution >= 0.6 is 0 Å². The van der Waals surface area contributed by atoms with Crippen molar-refractivity contribution in [3.8, 4) is 5.75 Å². The Morgan fingerprint density at radius 3 is 2.12 bits per heavy atom. The predicted molar refractivity (Wildman–Crippen MR) is 128 cm³/mol. The first-order valence-electron chi connectivity index (χ1n) is 11.4. The molecule has 168 valence electrons. The zero-order valence-electron chi connectivity index (χ0n) is 19.1. The van der Waals surface area contributed by atoms with Crippen molar-refractivity contribution in [3.05, 3.63) is 101 Å². The lowest BCUT2D eigenvalue weighted by Crippen LogP contribution is -2.60. The standard InChI is InChI=1S/C28H28N2O3/c1-20-7-5-9-22(17-20)28(26(31)24-11-3-4-12-25(24)27(28)32)30-15-13-29(14-16-30)19-21-8-6-10-23(18-21)33-2/h3-12,17-18H,13-16,19H2,1-2H3. The highest BCUT2D eigenvalue weighted by Gasteiger charge is 2.58. The van der Waals surface area contributed by atoms with E-state index in [9.17, 15) is 9.59 Å². The molecule has 1 heterocycles. The monoisotopic (exact) mass is 440 g/mol. The number of piperazine rings is 1. The summed E-state index contributed by atoms with van der Waals surface area (Å²) in [7, 11) is 1.68. The molecule has 0 atom stereocenters. The summed E-state index contributed by atoms with van der Waals surface area (Å²) >= 11 is 0. The maximum Gasteiger partial charge on any atom is 0.196 e. The summed E-state index contributed by atoms with van der Waals surface area (Å²) in [4.78, 5) is 32.3. The molecule has 2 aliphatic rings. The molecule has 0 saturated carbocycles. The van der Waals surface area contributed by atoms with E-state index in [1.54, 1.807) is 19.2 Å². The first-order valence-corrected chi connectivity index (χ1v) is 11.4. The molecule has 1 aliphatic heterocycles. The third kappa shape index (κ3) is 3.58. The highest BCUT2D eigenvalue weighted by molar-refractivity contribution is 6.32. The Bertz CT molecular complexity index is 1180. The average molecular weight is 441 g/mol. The molecule has 0 bridgehead atoms. The van der Waals surface area contributed by atoms with Gasteiger partial charge < -0.3 is 4.74 Å². The Hall–Kier alpha value is -3.28. The van der Waals surface area contributed by atoms with Gasteiger partial charge in [-0.15, -0.1) is 0 Å². The van der Waals surface area contributed by atoms with E-state index in [0.717, 1.165) is 36.5 Å². The molecule has 1 fully saturated rings. The maximum atomic E-state index is 13.9. The molecule has 0 aromatic heterocycles. The van der Waals surface area contributed by atoms with Crippen LogP contribution in [0.15, 0.2) is 72.8 Å². The number of methoxy groups -OCH3 is 1. The van der Waals surface area contributed by atoms with E-state index >= 15 is 0 Å². The van der Waals surface area contributed by atoms with Gasteiger partial charge in [-0.1, -0.05) is 66.2 Å². The number of aryl methyl sites for hydroxylation is 1. The van der Waals surface area contributed by atoms with Crippen LogP contribution in [0, 0.1) is 6.92 Å². The zero-order chi connectivity index (χ0) is 23.0. The van der Waals surface area contributed by atoms with E-state index in [2.05, 4.69) is 21.9 Å². The minimum Gasteiger partial charge on any atom is -0.497 e. The number of Topliss-reactive ketones (excluding diaryl/α,β-unsaturated/α-hetero) is 2. The van der Waals surface area contributed by atoms with Crippen LogP contribution in [-0.4, -0.2) is 54.7 Å². The second kappa shape index (κ2) is 8.58. The van der Waals surface area contributed by atoms with E-state index in [-0.39, 0.29) is 11.6 Å². The zero-order valence-corrected chi connectivity index (χ0v) is 19.1. The fourth-order valence-corrected chi connectivity index (χ4v) is 5.24. The van der Waals surface area contributed by atoms with Gasteiger partial charge in [0.25, 0.3) is 0 Å². The van der Waals surface area contributed by atoms with E-state index in [0.29, 0.717) is 24.2 Å². The molecule has 0 N–H and O–H groups in total. The smallest absolute Gasteiger partial charge is 0.196 e. The lowest BCUT2D eigenvalue weighted by atomic mass is 9.82. The van der Waals surface area contributed by atoms with Crippen molar-refractivity contribution in [1.82, 2.24) is 9.80 Å². The van der Waals surface area contributed by atoms with Crippen LogP contribution < -0.4 is 4.74 Å². The van der Waals surface area contributed by atoms with Gasteiger partial charge in [0.05, 0.1) is 7.11 Å². The second-order valence-electron chi connectivity index (χ2n) is 8.90. The number of rotatable bonds is 5. The molecule has 0 unspecified atom stereocenters. The van der Waals surface area contributed by atoms with Gasteiger partial charge >= 0.3 is 0 Å². The number of ether oxygens (including phenoxy) is 1. The molecule has 5 heteroatoms. The Kier molecular flexibility index (Phi) is 5.60. The summed E-state index contributed by atoms with van der Waals surface area (Å²) in [6.07, 6.45) is 0. The van der Waals surface area contributed by atoms with Crippen LogP contribution in [0.4, 0.5) is 0 Å². The molecule has 0 radical (unpaired) electrons. The van der Waals surface area contributed by atoms with E-state index in [1.165, 1.54) is 5.56 Å². The van der Waals surface area contributed by atoms with Crippen molar-refractivity contribution >= 4 is 11.6 Å². The number of carbonyl (C=O) groups is 2. The van der Waals surface area contributed by atoms with Crippen LogP contribution in [0.3, 0.4) is 0 Å². The molecule has 3 aromatic carbocycles. The first-order chi connectivity index (χ1) is 16.0. The van der Waals surface area contributed by atoms with Crippen molar-refractivity contribution in [3.63, 3.8) is 0 Å². The van der Waals surface area contributed by atoms with Crippen molar-refractivity contribution in [2.75, 3.05) is 33.3 Å². The minimum atomic E-state index is -1.28. The molecule has 33 heavy (non-hydrogen) atoms. The topological polar surface area (TPSA) is 49.9 Å². The van der Waals surface area contributed by atoms with Gasteiger partial charge in [-0.2, -0.15) is 0 Å². The van der Waals surface area contributed by atoms with Crippen LogP contribution in [0.2, 0.25) is 0 Å². The van der Waals surface area contributed by atoms with Crippen LogP contribution in [0.25, 0.3) is 0 Å². The summed E-state index contributed by atoms with van der Waals surface area (Å²) in [6, 6.07) is 23.2. The van der Waals surface area contributed by atoms with Crippen LogP contribution in [-0.2, 0) is 12.1 Å². The lowest BCUT2D eigenvalue weighted by molar-refractivity contribution is 0.0279. The van der Waals surface area contributed by atoms with Gasteiger partial charge in [0.2, 0.25) is 0 Å². The summed E-state index contributed by atoms with van der Waals surface area (Å²) < 4.78 is 5.35. The summed E-state index contributed by atoms with van der Waals surface area (Å²) in [6.45, 7) is 5.65. The molecule has 5 rings (SSSR count).